The van der Waals surface area contributed by atoms with Crippen LogP contribution in [0.15, 0.2) is 54.6 Å². The summed E-state index contributed by atoms with van der Waals surface area (Å²) in [4.78, 5) is 13.4. The predicted molar refractivity (Wildman–Crippen MR) is 106 cm³/mol. The van der Waals surface area contributed by atoms with E-state index in [1.54, 1.807) is 12.1 Å². The van der Waals surface area contributed by atoms with Gasteiger partial charge in [-0.25, -0.2) is 18.7 Å². The predicted octanol–water partition coefficient (Wildman–Crippen LogP) is 4.73. The van der Waals surface area contributed by atoms with Crippen molar-refractivity contribution in [2.45, 2.75) is 0 Å². The van der Waals surface area contributed by atoms with Gasteiger partial charge in [-0.2, -0.15) is 4.98 Å². The molecule has 29 heavy (non-hydrogen) atoms. The topological polar surface area (TPSA) is 69.2 Å². The maximum Gasteiger partial charge on any atom is 0.216 e. The molecule has 0 aliphatic heterocycles. The van der Waals surface area contributed by atoms with E-state index in [2.05, 4.69) is 20.3 Å². The second-order valence-electron chi connectivity index (χ2n) is 6.11. The molecule has 0 spiro atoms. The lowest BCUT2D eigenvalue weighted by Gasteiger charge is -2.12. The Kier molecular flexibility index (Phi) is 4.90. The van der Waals surface area contributed by atoms with Crippen LogP contribution in [0.2, 0.25) is 0 Å². The van der Waals surface area contributed by atoms with Crippen LogP contribution in [-0.4, -0.2) is 29.2 Å². The highest BCUT2D eigenvalue weighted by Crippen LogP contribution is 2.30. The molecule has 2 aromatic carbocycles. The molecule has 2 heterocycles. The van der Waals surface area contributed by atoms with Crippen molar-refractivity contribution in [2.24, 2.45) is 0 Å². The number of pyridine rings is 1. The average Bonchev–Trinajstić information content (AvgIpc) is 2.75. The van der Waals surface area contributed by atoms with Gasteiger partial charge in [-0.15, -0.1) is 0 Å². The highest BCUT2D eigenvalue weighted by molar-refractivity contribution is 5.92. The Hall–Kier alpha value is -3.81. The van der Waals surface area contributed by atoms with E-state index in [-0.39, 0.29) is 0 Å². The van der Waals surface area contributed by atoms with E-state index in [0.717, 1.165) is 17.5 Å². The van der Waals surface area contributed by atoms with Gasteiger partial charge in [0.05, 0.1) is 19.7 Å². The summed E-state index contributed by atoms with van der Waals surface area (Å²) in [5, 5.41) is 3.78. The first-order valence-electron chi connectivity index (χ1n) is 8.66. The number of hydrogen-bond acceptors (Lipinski definition) is 6. The third-order valence-corrected chi connectivity index (χ3v) is 4.24. The molecular weight excluding hydrogens is 378 g/mol. The minimum Gasteiger partial charge on any atom is -0.481 e. The first-order chi connectivity index (χ1) is 14.1. The maximum absolute atomic E-state index is 13.6. The normalized spacial score (nSPS) is 10.8. The number of aromatic nitrogens is 3. The van der Waals surface area contributed by atoms with Crippen molar-refractivity contribution in [1.82, 2.24) is 15.0 Å². The van der Waals surface area contributed by atoms with E-state index in [1.807, 2.05) is 24.3 Å². The van der Waals surface area contributed by atoms with Crippen molar-refractivity contribution in [3.05, 3.63) is 66.2 Å². The molecular formula is C21H16F2N4O2. The lowest BCUT2D eigenvalue weighted by atomic mass is 10.2. The first-order valence-corrected chi connectivity index (χ1v) is 8.66. The summed E-state index contributed by atoms with van der Waals surface area (Å²) in [6, 6.07) is 14.3. The molecule has 0 saturated carbocycles. The Morgan fingerprint density at radius 1 is 0.793 bits per heavy atom. The smallest absolute Gasteiger partial charge is 0.216 e. The zero-order chi connectivity index (χ0) is 20.4. The van der Waals surface area contributed by atoms with Crippen molar-refractivity contribution < 1.29 is 18.3 Å². The Morgan fingerprint density at radius 3 is 2.21 bits per heavy atom. The van der Waals surface area contributed by atoms with E-state index in [4.69, 9.17) is 9.47 Å². The highest BCUT2D eigenvalue weighted by atomic mass is 19.2. The molecule has 0 saturated heterocycles. The SMILES string of the molecule is COc1cc(-c2nc(Nc3ccc(F)c(F)c3)c3ccccc3n2)cc(OC)n1. The zero-order valence-corrected chi connectivity index (χ0v) is 15.6. The number of anilines is 2. The van der Waals surface area contributed by atoms with Gasteiger partial charge in [-0.1, -0.05) is 12.1 Å². The van der Waals surface area contributed by atoms with Gasteiger partial charge in [-0.05, 0) is 24.3 Å². The fraction of sp³-hybridized carbons (Fsp3) is 0.0952. The van der Waals surface area contributed by atoms with Crippen LogP contribution in [0.3, 0.4) is 0 Å². The lowest BCUT2D eigenvalue weighted by Crippen LogP contribution is -2.01. The van der Waals surface area contributed by atoms with Crippen molar-refractivity contribution in [3.63, 3.8) is 0 Å². The van der Waals surface area contributed by atoms with Crippen molar-refractivity contribution >= 4 is 22.4 Å². The minimum atomic E-state index is -0.947. The number of nitrogens with one attached hydrogen (secondary N) is 1. The van der Waals surface area contributed by atoms with Crippen LogP contribution in [0.1, 0.15) is 0 Å². The second kappa shape index (κ2) is 7.67. The molecule has 2 aromatic heterocycles. The number of methoxy groups -OCH3 is 2. The van der Waals surface area contributed by atoms with Gasteiger partial charge in [0, 0.05) is 34.8 Å². The molecule has 4 rings (SSSR count). The number of fused-ring (bicyclic) bond motifs is 1. The van der Waals surface area contributed by atoms with Gasteiger partial charge in [0.25, 0.3) is 0 Å². The molecule has 0 unspecified atom stereocenters. The third kappa shape index (κ3) is 3.77. The van der Waals surface area contributed by atoms with E-state index in [9.17, 15) is 8.78 Å². The summed E-state index contributed by atoms with van der Waals surface area (Å²) in [6.07, 6.45) is 0. The molecule has 4 aromatic rings. The van der Waals surface area contributed by atoms with Gasteiger partial charge >= 0.3 is 0 Å². The molecule has 0 bridgehead atoms. The molecule has 146 valence electrons. The second-order valence-corrected chi connectivity index (χ2v) is 6.11. The molecule has 6 nitrogen and oxygen atoms in total. The largest absolute Gasteiger partial charge is 0.481 e. The van der Waals surface area contributed by atoms with E-state index in [0.29, 0.717) is 40.2 Å². The number of halogens is 2. The molecule has 0 aliphatic rings. The van der Waals surface area contributed by atoms with Crippen LogP contribution in [0.25, 0.3) is 22.3 Å². The molecule has 0 aliphatic carbocycles. The van der Waals surface area contributed by atoms with Crippen LogP contribution in [0.5, 0.6) is 11.8 Å². The number of benzene rings is 2. The number of ether oxygens (including phenoxy) is 2. The summed E-state index contributed by atoms with van der Waals surface area (Å²) in [7, 11) is 3.01. The zero-order valence-electron chi connectivity index (χ0n) is 15.6. The lowest BCUT2D eigenvalue weighted by molar-refractivity contribution is 0.365. The van der Waals surface area contributed by atoms with Gasteiger partial charge in [0.15, 0.2) is 17.5 Å². The van der Waals surface area contributed by atoms with E-state index < -0.39 is 11.6 Å². The van der Waals surface area contributed by atoms with E-state index in [1.165, 1.54) is 20.3 Å². The molecule has 0 radical (unpaired) electrons. The third-order valence-electron chi connectivity index (χ3n) is 4.24. The summed E-state index contributed by atoms with van der Waals surface area (Å²) in [5.41, 5.74) is 1.67. The standard InChI is InChI=1S/C21H16F2N4O2/c1-28-18-9-12(10-19(26-18)29-2)20-25-17-6-4-3-5-14(17)21(27-20)24-13-7-8-15(22)16(23)11-13/h3-11H,1-2H3,(H,24,25,27). The quantitative estimate of drug-likeness (QED) is 0.528. The summed E-state index contributed by atoms with van der Waals surface area (Å²) < 4.78 is 37.3. The Morgan fingerprint density at radius 2 is 1.52 bits per heavy atom. The van der Waals surface area contributed by atoms with Gasteiger partial charge in [-0.3, -0.25) is 0 Å². The summed E-state index contributed by atoms with van der Waals surface area (Å²) >= 11 is 0. The number of rotatable bonds is 5. The maximum atomic E-state index is 13.6. The van der Waals surface area contributed by atoms with Gasteiger partial charge in [0.2, 0.25) is 11.8 Å². The molecule has 0 amide bonds. The van der Waals surface area contributed by atoms with Crippen LogP contribution >= 0.6 is 0 Å². The average molecular weight is 394 g/mol. The van der Waals surface area contributed by atoms with Gasteiger partial charge < -0.3 is 14.8 Å². The van der Waals surface area contributed by atoms with Gasteiger partial charge in [0.1, 0.15) is 5.82 Å². The summed E-state index contributed by atoms with van der Waals surface area (Å²) in [6.45, 7) is 0. The number of nitrogens with zero attached hydrogens (tertiary/aromatic N) is 3. The van der Waals surface area contributed by atoms with Crippen LogP contribution in [-0.2, 0) is 0 Å². The Bertz CT molecular complexity index is 1180. The monoisotopic (exact) mass is 394 g/mol. The highest BCUT2D eigenvalue weighted by Gasteiger charge is 2.13. The fourth-order valence-electron chi connectivity index (χ4n) is 2.83. The molecule has 0 atom stereocenters. The Balaban J connectivity index is 1.86. The van der Waals surface area contributed by atoms with E-state index >= 15 is 0 Å². The summed E-state index contributed by atoms with van der Waals surface area (Å²) in [5.74, 6) is -0.312. The minimum absolute atomic E-state index is 0.353. The van der Waals surface area contributed by atoms with Crippen molar-refractivity contribution in [1.29, 1.82) is 0 Å². The van der Waals surface area contributed by atoms with Crippen LogP contribution in [0.4, 0.5) is 20.3 Å². The molecule has 0 fully saturated rings. The van der Waals surface area contributed by atoms with Crippen LogP contribution < -0.4 is 14.8 Å². The first kappa shape index (κ1) is 18.5. The van der Waals surface area contributed by atoms with Crippen molar-refractivity contribution in [3.8, 4) is 23.1 Å². The number of para-hydroxylation sites is 1. The molecule has 8 heteroatoms. The Labute approximate surface area is 165 Å². The molecule has 1 N–H and O–H groups in total. The van der Waals surface area contributed by atoms with Crippen LogP contribution in [0, 0.1) is 11.6 Å². The number of hydrogen-bond donors (Lipinski definition) is 1. The fourth-order valence-corrected chi connectivity index (χ4v) is 2.83. The van der Waals surface area contributed by atoms with Crippen molar-refractivity contribution in [2.75, 3.05) is 19.5 Å².